The first kappa shape index (κ1) is 24.1. The standard InChI is InChI=1S/C25H27F3N6O3/c1-15-16(2-3-17-18(15)13-37-22(17)36)19(35)12-32-9-6-24(7-10-32)8-11-33(14-24)21-5-4-20-29-30-23(25(26,27)28)34(20)31-21/h2-5,19,35H,6-14H2,1H3/t19-/m0/s1. The fourth-order valence-corrected chi connectivity index (χ4v) is 5.94. The van der Waals surface area contributed by atoms with Gasteiger partial charge in [0.1, 0.15) is 12.4 Å². The van der Waals surface area contributed by atoms with E-state index in [4.69, 9.17) is 4.74 Å². The van der Waals surface area contributed by atoms with Gasteiger partial charge in [-0.25, -0.2) is 4.79 Å². The lowest BCUT2D eigenvalue weighted by atomic mass is 9.77. The second kappa shape index (κ2) is 8.66. The van der Waals surface area contributed by atoms with Gasteiger partial charge in [-0.3, -0.25) is 0 Å². The molecule has 9 nitrogen and oxygen atoms in total. The van der Waals surface area contributed by atoms with E-state index in [1.54, 1.807) is 12.1 Å². The molecule has 1 aromatic carbocycles. The SMILES string of the molecule is Cc1c([C@@H](O)CN2CCC3(CC2)CCN(c2ccc4nnc(C(F)(F)F)n4n2)C3)ccc2c1COC2=O. The number of aliphatic hydroxyl groups excluding tert-OH is 1. The second-order valence-corrected chi connectivity index (χ2v) is 10.4. The van der Waals surface area contributed by atoms with Crippen LogP contribution in [0.1, 0.15) is 58.2 Å². The molecule has 2 aromatic heterocycles. The van der Waals surface area contributed by atoms with Crippen molar-refractivity contribution in [3.8, 4) is 0 Å². The zero-order chi connectivity index (χ0) is 25.9. The van der Waals surface area contributed by atoms with E-state index < -0.39 is 18.1 Å². The number of hydrogen-bond donors (Lipinski definition) is 1. The van der Waals surface area contributed by atoms with Crippen molar-refractivity contribution in [2.24, 2.45) is 5.41 Å². The van der Waals surface area contributed by atoms with Gasteiger partial charge in [0.15, 0.2) is 5.65 Å². The Morgan fingerprint density at radius 1 is 1.11 bits per heavy atom. The smallest absolute Gasteiger partial charge is 0.453 e. The number of halogens is 3. The molecule has 2 fully saturated rings. The molecule has 37 heavy (non-hydrogen) atoms. The Hall–Kier alpha value is -3.25. The van der Waals surface area contributed by atoms with Gasteiger partial charge in [-0.05, 0) is 74.0 Å². The average Bonchev–Trinajstić information content (AvgIpc) is 3.58. The van der Waals surface area contributed by atoms with E-state index in [2.05, 4.69) is 20.2 Å². The minimum absolute atomic E-state index is 0.0644. The van der Waals surface area contributed by atoms with E-state index in [-0.39, 0.29) is 23.6 Å². The van der Waals surface area contributed by atoms with Crippen molar-refractivity contribution in [3.63, 3.8) is 0 Å². The van der Waals surface area contributed by atoms with E-state index in [0.717, 1.165) is 66.6 Å². The monoisotopic (exact) mass is 516 g/mol. The molecule has 1 spiro atoms. The summed E-state index contributed by atoms with van der Waals surface area (Å²) >= 11 is 0. The summed E-state index contributed by atoms with van der Waals surface area (Å²) in [6.45, 7) is 5.77. The summed E-state index contributed by atoms with van der Waals surface area (Å²) in [4.78, 5) is 16.1. The number of β-amino-alcohol motifs (C(OH)–C–C–N with tert-alkyl or cyclic N) is 1. The van der Waals surface area contributed by atoms with Gasteiger partial charge in [0.25, 0.3) is 5.82 Å². The fourth-order valence-electron chi connectivity index (χ4n) is 5.94. The van der Waals surface area contributed by atoms with Crippen molar-refractivity contribution in [2.45, 2.75) is 45.1 Å². The molecular weight excluding hydrogens is 489 g/mol. The molecule has 2 saturated heterocycles. The van der Waals surface area contributed by atoms with Crippen LogP contribution in [-0.4, -0.2) is 68.5 Å². The lowest BCUT2D eigenvalue weighted by Gasteiger charge is -2.40. The van der Waals surface area contributed by atoms with E-state index in [9.17, 15) is 23.1 Å². The number of ether oxygens (including phenoxy) is 1. The van der Waals surface area contributed by atoms with Crippen LogP contribution >= 0.6 is 0 Å². The third-order valence-corrected chi connectivity index (χ3v) is 8.18. The number of aromatic nitrogens is 4. The van der Waals surface area contributed by atoms with E-state index in [0.29, 0.717) is 17.9 Å². The number of fused-ring (bicyclic) bond motifs is 2. The molecule has 3 aliphatic rings. The number of rotatable bonds is 4. The van der Waals surface area contributed by atoms with Crippen LogP contribution in [0.3, 0.4) is 0 Å². The summed E-state index contributed by atoms with van der Waals surface area (Å²) in [5, 5.41) is 22.0. The van der Waals surface area contributed by atoms with Crippen molar-refractivity contribution in [2.75, 3.05) is 37.6 Å². The highest BCUT2D eigenvalue weighted by molar-refractivity contribution is 5.93. The van der Waals surface area contributed by atoms with Crippen molar-refractivity contribution in [1.82, 2.24) is 24.7 Å². The molecule has 6 rings (SSSR count). The normalized spacial score (nSPS) is 20.6. The summed E-state index contributed by atoms with van der Waals surface area (Å²) in [5.74, 6) is -0.950. The summed E-state index contributed by atoms with van der Waals surface area (Å²) < 4.78 is 45.7. The van der Waals surface area contributed by atoms with Crippen molar-refractivity contribution < 1.29 is 27.8 Å². The highest BCUT2D eigenvalue weighted by atomic mass is 19.4. The van der Waals surface area contributed by atoms with Crippen molar-refractivity contribution in [3.05, 3.63) is 52.3 Å². The number of hydrogen-bond acceptors (Lipinski definition) is 8. The van der Waals surface area contributed by atoms with E-state index in [1.807, 2.05) is 17.9 Å². The lowest BCUT2D eigenvalue weighted by molar-refractivity contribution is -0.146. The quantitative estimate of drug-likeness (QED) is 0.529. The maximum absolute atomic E-state index is 13.3. The largest absolute Gasteiger partial charge is 0.457 e. The van der Waals surface area contributed by atoms with Gasteiger partial charge in [0.2, 0.25) is 0 Å². The van der Waals surface area contributed by atoms with Crippen LogP contribution in [0.4, 0.5) is 19.0 Å². The summed E-state index contributed by atoms with van der Waals surface area (Å²) in [6.07, 6.45) is -2.49. The molecule has 0 unspecified atom stereocenters. The van der Waals surface area contributed by atoms with Crippen LogP contribution in [0.25, 0.3) is 5.65 Å². The molecule has 0 saturated carbocycles. The van der Waals surface area contributed by atoms with Crippen LogP contribution in [0.2, 0.25) is 0 Å². The molecule has 196 valence electrons. The van der Waals surface area contributed by atoms with Crippen LogP contribution < -0.4 is 4.90 Å². The van der Waals surface area contributed by atoms with Gasteiger partial charge in [0, 0.05) is 25.2 Å². The van der Waals surface area contributed by atoms with Crippen LogP contribution in [0.5, 0.6) is 0 Å². The van der Waals surface area contributed by atoms with Gasteiger partial charge in [-0.1, -0.05) is 6.07 Å². The lowest BCUT2D eigenvalue weighted by Crippen LogP contribution is -2.43. The molecule has 3 aliphatic heterocycles. The molecule has 5 heterocycles. The Morgan fingerprint density at radius 3 is 2.62 bits per heavy atom. The molecule has 1 N–H and O–H groups in total. The van der Waals surface area contributed by atoms with Gasteiger partial charge in [-0.2, -0.15) is 17.7 Å². The van der Waals surface area contributed by atoms with Gasteiger partial charge in [-0.15, -0.1) is 15.3 Å². The molecule has 1 atom stereocenters. The summed E-state index contributed by atoms with van der Waals surface area (Å²) in [7, 11) is 0. The Labute approximate surface area is 210 Å². The number of likely N-dealkylation sites (tertiary alicyclic amines) is 1. The molecule has 0 amide bonds. The average molecular weight is 517 g/mol. The van der Waals surface area contributed by atoms with E-state index in [1.165, 1.54) is 6.07 Å². The first-order valence-electron chi connectivity index (χ1n) is 12.4. The first-order chi connectivity index (χ1) is 17.6. The number of piperidine rings is 1. The number of anilines is 1. The van der Waals surface area contributed by atoms with Crippen LogP contribution in [0, 0.1) is 12.3 Å². The van der Waals surface area contributed by atoms with Crippen molar-refractivity contribution >= 4 is 17.4 Å². The molecule has 0 radical (unpaired) electrons. The Kier molecular flexibility index (Phi) is 5.64. The Morgan fingerprint density at radius 2 is 1.86 bits per heavy atom. The predicted molar refractivity (Wildman–Crippen MR) is 126 cm³/mol. The molecule has 3 aromatic rings. The predicted octanol–water partition coefficient (Wildman–Crippen LogP) is 3.15. The first-order valence-corrected chi connectivity index (χ1v) is 12.4. The Bertz CT molecular complexity index is 1370. The molecular formula is C25H27F3N6O3. The van der Waals surface area contributed by atoms with E-state index >= 15 is 0 Å². The number of cyclic esters (lactones) is 1. The minimum Gasteiger partial charge on any atom is -0.457 e. The fraction of sp³-hybridized carbons (Fsp3) is 0.520. The maximum Gasteiger partial charge on any atom is 0.453 e. The topological polar surface area (TPSA) is 96.1 Å². The Balaban J connectivity index is 1.10. The summed E-state index contributed by atoms with van der Waals surface area (Å²) in [5.41, 5.74) is 3.28. The zero-order valence-electron chi connectivity index (χ0n) is 20.3. The number of esters is 1. The van der Waals surface area contributed by atoms with Gasteiger partial charge >= 0.3 is 12.1 Å². The number of alkyl halides is 3. The summed E-state index contributed by atoms with van der Waals surface area (Å²) in [6, 6.07) is 6.77. The van der Waals surface area contributed by atoms with Gasteiger partial charge in [0.05, 0.1) is 11.7 Å². The highest BCUT2D eigenvalue weighted by Crippen LogP contribution is 2.42. The minimum atomic E-state index is -4.63. The molecule has 12 heteroatoms. The number of benzene rings is 1. The molecule has 0 aliphatic carbocycles. The van der Waals surface area contributed by atoms with Crippen LogP contribution in [-0.2, 0) is 17.5 Å². The highest BCUT2D eigenvalue weighted by Gasteiger charge is 2.42. The van der Waals surface area contributed by atoms with Crippen LogP contribution in [0.15, 0.2) is 24.3 Å². The zero-order valence-corrected chi connectivity index (χ0v) is 20.3. The number of nitrogens with zero attached hydrogens (tertiary/aromatic N) is 6. The van der Waals surface area contributed by atoms with Gasteiger partial charge < -0.3 is 19.6 Å². The van der Waals surface area contributed by atoms with Crippen molar-refractivity contribution in [1.29, 1.82) is 0 Å². The second-order valence-electron chi connectivity index (χ2n) is 10.4. The third-order valence-electron chi connectivity index (χ3n) is 8.18. The number of carbonyl (C=O) groups excluding carboxylic acids is 1. The maximum atomic E-state index is 13.3. The number of aliphatic hydroxyl groups is 1. The third kappa shape index (κ3) is 4.21. The number of carbonyl (C=O) groups is 1. The molecule has 0 bridgehead atoms.